The number of anilines is 3. The highest BCUT2D eigenvalue weighted by Crippen LogP contribution is 2.48. The van der Waals surface area contributed by atoms with E-state index in [0.29, 0.717) is 44.0 Å². The molecule has 104 valence electrons. The van der Waals surface area contributed by atoms with Crippen molar-refractivity contribution in [2.75, 3.05) is 11.1 Å². The summed E-state index contributed by atoms with van der Waals surface area (Å²) < 4.78 is 8.34. The van der Waals surface area contributed by atoms with Crippen LogP contribution >= 0.6 is 23.2 Å². The topological polar surface area (TPSA) is 86.6 Å². The summed E-state index contributed by atoms with van der Waals surface area (Å²) in [5, 5.41) is 12.9. The van der Waals surface area contributed by atoms with Gasteiger partial charge in [0.15, 0.2) is 0 Å². The summed E-state index contributed by atoms with van der Waals surface area (Å²) in [6.45, 7) is 0. The predicted octanol–water partition coefficient (Wildman–Crippen LogP) is 4.92. The fourth-order valence-corrected chi connectivity index (χ4v) is 3.02. The van der Waals surface area contributed by atoms with Gasteiger partial charge in [0.05, 0.1) is 50.1 Å². The van der Waals surface area contributed by atoms with Crippen molar-refractivity contribution in [3.05, 3.63) is 39.9 Å². The summed E-state index contributed by atoms with van der Waals surface area (Å²) in [5.41, 5.74) is 9.18. The maximum atomic E-state index is 8.97. The summed E-state index contributed by atoms with van der Waals surface area (Å²) in [5.74, 6) is 0. The molecule has 0 spiro atoms. The Balaban J connectivity index is 2.10. The second-order valence-corrected chi connectivity index (χ2v) is 5.56. The zero-order valence-electron chi connectivity index (χ0n) is 10.4. The van der Waals surface area contributed by atoms with Crippen LogP contribution in [-0.4, -0.2) is 0 Å². The van der Waals surface area contributed by atoms with Gasteiger partial charge in [0, 0.05) is 0 Å². The van der Waals surface area contributed by atoms with E-state index >= 15 is 0 Å². The molecule has 0 saturated heterocycles. The highest BCUT2D eigenvalue weighted by Gasteiger charge is 2.19. The largest absolute Gasteiger partial charge is 0.397 e. The van der Waals surface area contributed by atoms with Crippen molar-refractivity contribution in [2.45, 2.75) is 0 Å². The number of rotatable bonds is 2. The second kappa shape index (κ2) is 5.37. The number of hydrogen-bond donors (Lipinski definition) is 2. The van der Waals surface area contributed by atoms with Crippen molar-refractivity contribution in [2.24, 2.45) is 8.73 Å². The molecule has 2 aromatic rings. The molecule has 0 saturated carbocycles. The number of nitrogens with zero attached hydrogens (tertiary/aromatic N) is 3. The van der Waals surface area contributed by atoms with Gasteiger partial charge in [0.2, 0.25) is 0 Å². The summed E-state index contributed by atoms with van der Waals surface area (Å²) in [6.07, 6.45) is 0. The lowest BCUT2D eigenvalue weighted by atomic mass is 10.1. The minimum atomic E-state index is 0.405. The van der Waals surface area contributed by atoms with Gasteiger partial charge in [-0.1, -0.05) is 23.2 Å². The van der Waals surface area contributed by atoms with Crippen molar-refractivity contribution >= 4 is 63.0 Å². The number of benzene rings is 2. The molecule has 0 amide bonds. The molecule has 5 nitrogen and oxygen atoms in total. The van der Waals surface area contributed by atoms with E-state index in [0.717, 1.165) is 11.4 Å². The normalized spacial score (nSPS) is 11.7. The molecule has 2 aromatic carbocycles. The average Bonchev–Trinajstić information content (AvgIpc) is 2.95. The fourth-order valence-electron chi connectivity index (χ4n) is 1.86. The Morgan fingerprint density at radius 3 is 2.67 bits per heavy atom. The Labute approximate surface area is 134 Å². The van der Waals surface area contributed by atoms with Gasteiger partial charge in [-0.05, 0) is 24.3 Å². The lowest BCUT2D eigenvalue weighted by Gasteiger charge is -2.14. The molecule has 0 atom stereocenters. The molecule has 3 rings (SSSR count). The number of hydrogen-bond acceptors (Lipinski definition) is 5. The molecule has 1 aliphatic rings. The Kier molecular flexibility index (Phi) is 3.55. The van der Waals surface area contributed by atoms with Gasteiger partial charge in [-0.15, -0.1) is 0 Å². The Bertz CT molecular complexity index is 866. The highest BCUT2D eigenvalue weighted by molar-refractivity contribution is 7.58. The quantitative estimate of drug-likeness (QED) is 0.651. The monoisotopic (exact) mass is 335 g/mol. The Hall–Kier alpha value is -2.07. The number of nitrogens with two attached hydrogens (primary N) is 1. The highest BCUT2D eigenvalue weighted by atomic mass is 35.5. The fraction of sp³-hybridized carbons (Fsp3) is 0. The van der Waals surface area contributed by atoms with Crippen molar-refractivity contribution in [3.8, 4) is 6.07 Å². The molecule has 0 aliphatic carbocycles. The van der Waals surface area contributed by atoms with Crippen LogP contribution in [0.3, 0.4) is 0 Å². The first-order valence-corrected chi connectivity index (χ1v) is 7.25. The van der Waals surface area contributed by atoms with Gasteiger partial charge in [0.1, 0.15) is 11.4 Å². The van der Waals surface area contributed by atoms with Gasteiger partial charge >= 0.3 is 0 Å². The maximum absolute atomic E-state index is 8.97. The standard InChI is InChI=1S/C13H7Cl2N5S/c14-7-4-8(15)12-13(20-21-19-12)11(7)18-10-3-6(5-16)1-2-9(10)17/h1-4,18H,17H2. The SMILES string of the molecule is N#Cc1ccc(N)c(Nc2c(Cl)cc(Cl)c3c2N=S=N3)c1. The van der Waals surface area contributed by atoms with Gasteiger partial charge in [-0.2, -0.15) is 14.0 Å². The average molecular weight is 336 g/mol. The van der Waals surface area contributed by atoms with Gasteiger partial charge < -0.3 is 11.1 Å². The van der Waals surface area contributed by atoms with Crippen molar-refractivity contribution in [3.63, 3.8) is 0 Å². The van der Waals surface area contributed by atoms with Crippen molar-refractivity contribution < 1.29 is 0 Å². The van der Waals surface area contributed by atoms with Gasteiger partial charge in [-0.3, -0.25) is 0 Å². The molecule has 0 unspecified atom stereocenters. The van der Waals surface area contributed by atoms with Gasteiger partial charge in [0.25, 0.3) is 0 Å². The van der Waals surface area contributed by atoms with E-state index < -0.39 is 0 Å². The Morgan fingerprint density at radius 1 is 1.14 bits per heavy atom. The van der Waals surface area contributed by atoms with Crippen LogP contribution in [0.15, 0.2) is 33.0 Å². The first kappa shape index (κ1) is 13.9. The number of fused-ring (bicyclic) bond motifs is 1. The van der Waals surface area contributed by atoms with E-state index in [1.807, 2.05) is 0 Å². The van der Waals surface area contributed by atoms with E-state index in [2.05, 4.69) is 20.1 Å². The lowest BCUT2D eigenvalue weighted by molar-refractivity contribution is 1.46. The summed E-state index contributed by atoms with van der Waals surface area (Å²) in [6, 6.07) is 8.60. The molecule has 0 fully saturated rings. The molecule has 0 bridgehead atoms. The third kappa shape index (κ3) is 2.47. The van der Waals surface area contributed by atoms with Crippen LogP contribution in [0.2, 0.25) is 10.0 Å². The molecular formula is C13H7Cl2N5S. The number of halogens is 2. The predicted molar refractivity (Wildman–Crippen MR) is 86.9 cm³/mol. The first-order chi connectivity index (χ1) is 10.1. The van der Waals surface area contributed by atoms with Gasteiger partial charge in [-0.25, -0.2) is 0 Å². The molecule has 8 heteroatoms. The number of nitriles is 1. The zero-order chi connectivity index (χ0) is 15.0. The van der Waals surface area contributed by atoms with Crippen LogP contribution in [0, 0.1) is 11.3 Å². The molecule has 0 aromatic heterocycles. The smallest absolute Gasteiger partial charge is 0.131 e. The van der Waals surface area contributed by atoms with E-state index in [1.54, 1.807) is 24.3 Å². The van der Waals surface area contributed by atoms with E-state index in [1.165, 1.54) is 0 Å². The van der Waals surface area contributed by atoms with E-state index in [-0.39, 0.29) is 0 Å². The third-order valence-electron chi connectivity index (χ3n) is 2.89. The van der Waals surface area contributed by atoms with Crippen LogP contribution in [0.4, 0.5) is 28.4 Å². The zero-order valence-corrected chi connectivity index (χ0v) is 12.7. The van der Waals surface area contributed by atoms with Crippen LogP contribution in [0.5, 0.6) is 0 Å². The van der Waals surface area contributed by atoms with Crippen LogP contribution in [-0.2, 0) is 11.4 Å². The minimum absolute atomic E-state index is 0.405. The summed E-state index contributed by atoms with van der Waals surface area (Å²) in [4.78, 5) is 0. The lowest BCUT2D eigenvalue weighted by Crippen LogP contribution is -1.98. The first-order valence-electron chi connectivity index (χ1n) is 5.77. The van der Waals surface area contributed by atoms with Crippen LogP contribution in [0.25, 0.3) is 0 Å². The van der Waals surface area contributed by atoms with E-state index in [4.69, 9.17) is 34.2 Å². The van der Waals surface area contributed by atoms with E-state index in [9.17, 15) is 0 Å². The third-order valence-corrected chi connectivity index (χ3v) is 4.00. The molecule has 1 aliphatic heterocycles. The van der Waals surface area contributed by atoms with Crippen LogP contribution < -0.4 is 11.1 Å². The molecule has 21 heavy (non-hydrogen) atoms. The summed E-state index contributed by atoms with van der Waals surface area (Å²) in [7, 11) is 0. The van der Waals surface area contributed by atoms with Crippen LogP contribution in [0.1, 0.15) is 5.56 Å². The minimum Gasteiger partial charge on any atom is -0.397 e. The molecule has 0 radical (unpaired) electrons. The van der Waals surface area contributed by atoms with Crippen molar-refractivity contribution in [1.82, 2.24) is 0 Å². The molecule has 1 heterocycles. The summed E-state index contributed by atoms with van der Waals surface area (Å²) >= 11 is 13.4. The number of nitrogen functional groups attached to an aromatic ring is 1. The molecular weight excluding hydrogens is 329 g/mol. The maximum Gasteiger partial charge on any atom is 0.131 e. The Morgan fingerprint density at radius 2 is 1.90 bits per heavy atom. The second-order valence-electron chi connectivity index (χ2n) is 4.22. The van der Waals surface area contributed by atoms with Crippen molar-refractivity contribution in [1.29, 1.82) is 5.26 Å². The molecule has 3 N–H and O–H groups in total. The number of nitrogens with one attached hydrogen (secondary N) is 1.